The van der Waals surface area contributed by atoms with E-state index in [4.69, 9.17) is 9.84 Å². The van der Waals surface area contributed by atoms with Crippen molar-refractivity contribution in [1.82, 2.24) is 14.8 Å². The number of ether oxygens (including phenoxy) is 1. The van der Waals surface area contributed by atoms with Crippen molar-refractivity contribution in [2.75, 3.05) is 11.5 Å². The molecule has 0 radical (unpaired) electrons. The molecule has 2 atom stereocenters. The Morgan fingerprint density at radius 3 is 2.77 bits per heavy atom. The second kappa shape index (κ2) is 13.0. The van der Waals surface area contributed by atoms with E-state index in [1.807, 2.05) is 73.3 Å². The Balaban J connectivity index is 1.42. The summed E-state index contributed by atoms with van der Waals surface area (Å²) in [6.45, 7) is 5.66. The predicted octanol–water partition coefficient (Wildman–Crippen LogP) is 7.98. The summed E-state index contributed by atoms with van der Waals surface area (Å²) < 4.78 is 50.8. The smallest absolute Gasteiger partial charge is 0.306 e. The van der Waals surface area contributed by atoms with Crippen LogP contribution in [-0.4, -0.2) is 45.8 Å². The molecule has 10 heteroatoms. The molecule has 1 aliphatic heterocycles. The highest BCUT2D eigenvalue weighted by Crippen LogP contribution is 2.37. The summed E-state index contributed by atoms with van der Waals surface area (Å²) in [5.74, 6) is -1.62. The molecule has 2 unspecified atom stereocenters. The van der Waals surface area contributed by atoms with Gasteiger partial charge in [-0.3, -0.25) is 9.48 Å². The van der Waals surface area contributed by atoms with Crippen molar-refractivity contribution in [3.8, 4) is 22.8 Å². The molecule has 6 rings (SSSR count). The molecule has 3 aromatic carbocycles. The van der Waals surface area contributed by atoms with Crippen LogP contribution in [0.1, 0.15) is 62.8 Å². The number of nitrogens with zero attached hydrogens (tertiary/aromatic N) is 2. The van der Waals surface area contributed by atoms with Crippen LogP contribution in [0.4, 0.5) is 4.39 Å². The number of aliphatic carboxylic acids is 1. The maximum Gasteiger partial charge on any atom is 0.306 e. The molecule has 246 valence electrons. The number of carboxylic acid groups (broad SMARTS) is 1. The minimum atomic E-state index is -3.51. The van der Waals surface area contributed by atoms with Gasteiger partial charge in [-0.15, -0.1) is 0 Å². The maximum atomic E-state index is 15.6. The van der Waals surface area contributed by atoms with E-state index in [0.29, 0.717) is 36.1 Å². The highest BCUT2D eigenvalue weighted by atomic mass is 32.2. The zero-order chi connectivity index (χ0) is 33.3. The number of hydrogen-bond acceptors (Lipinski definition) is 5. The van der Waals surface area contributed by atoms with Gasteiger partial charge in [-0.05, 0) is 66.5 Å². The fourth-order valence-corrected chi connectivity index (χ4v) is 8.67. The zero-order valence-electron chi connectivity index (χ0n) is 26.9. The third kappa shape index (κ3) is 7.43. The fraction of sp³-hybridized carbons (Fsp3) is 0.351. The van der Waals surface area contributed by atoms with Gasteiger partial charge < -0.3 is 14.8 Å². The summed E-state index contributed by atoms with van der Waals surface area (Å²) in [7, 11) is -3.51. The van der Waals surface area contributed by atoms with E-state index in [-0.39, 0.29) is 29.7 Å². The average molecular weight is 658 g/mol. The molecule has 0 aliphatic carbocycles. The lowest BCUT2D eigenvalue weighted by Gasteiger charge is -2.26. The van der Waals surface area contributed by atoms with E-state index in [1.165, 1.54) is 6.07 Å². The van der Waals surface area contributed by atoms with Gasteiger partial charge >= 0.3 is 5.97 Å². The third-order valence-electron chi connectivity index (χ3n) is 9.05. The largest absolute Gasteiger partial charge is 0.481 e. The van der Waals surface area contributed by atoms with E-state index in [2.05, 4.69) is 11.1 Å². The summed E-state index contributed by atoms with van der Waals surface area (Å²) >= 11 is 0. The Morgan fingerprint density at radius 1 is 1.15 bits per heavy atom. The van der Waals surface area contributed by atoms with Crippen LogP contribution in [0.5, 0.6) is 11.5 Å². The van der Waals surface area contributed by atoms with Crippen LogP contribution >= 0.6 is 0 Å². The molecule has 0 saturated heterocycles. The predicted molar refractivity (Wildman–Crippen MR) is 181 cm³/mol. The molecule has 0 spiro atoms. The number of H-pyrrole nitrogens is 1. The number of halogens is 1. The summed E-state index contributed by atoms with van der Waals surface area (Å²) in [5.41, 5.74) is 4.07. The second-order valence-corrected chi connectivity index (χ2v) is 15.7. The molecular formula is C37H40FN3O5S. The molecule has 8 nitrogen and oxygen atoms in total. The first-order valence-corrected chi connectivity index (χ1v) is 17.8. The highest BCUT2D eigenvalue weighted by Gasteiger charge is 2.28. The molecule has 4 bridgehead atoms. The summed E-state index contributed by atoms with van der Waals surface area (Å²) in [6.07, 6.45) is 6.31. The van der Waals surface area contributed by atoms with Crippen molar-refractivity contribution in [2.45, 2.75) is 58.9 Å². The minimum absolute atomic E-state index is 0.00295. The Hall–Kier alpha value is -4.44. The van der Waals surface area contributed by atoms with E-state index in [9.17, 15) is 18.3 Å². The van der Waals surface area contributed by atoms with Gasteiger partial charge in [-0.1, -0.05) is 63.6 Å². The first-order chi connectivity index (χ1) is 22.4. The number of benzene rings is 3. The van der Waals surface area contributed by atoms with Gasteiger partial charge in [0.05, 0.1) is 29.2 Å². The van der Waals surface area contributed by atoms with Crippen molar-refractivity contribution in [3.05, 3.63) is 102 Å². The average Bonchev–Trinajstić information content (AvgIpc) is 3.69. The van der Waals surface area contributed by atoms with E-state index in [1.54, 1.807) is 19.2 Å². The molecule has 5 aromatic rings. The number of rotatable bonds is 4. The summed E-state index contributed by atoms with van der Waals surface area (Å²) in [4.78, 5) is 14.6. The molecule has 3 heterocycles. The van der Waals surface area contributed by atoms with Crippen LogP contribution in [0.25, 0.3) is 22.2 Å². The number of sulfone groups is 1. The SMILES string of the molecule is CC(Cc1cccc(C2CCCC(C)(C)CS(=O)(=O)CCc3c(c(F)cc4[nH]ccc34)Oc3cccc(c3)-c3ccn2n3)c1)C(=O)O. The Labute approximate surface area is 274 Å². The lowest BCUT2D eigenvalue weighted by Crippen LogP contribution is -2.27. The van der Waals surface area contributed by atoms with Gasteiger partial charge in [-0.2, -0.15) is 5.10 Å². The number of aryl methyl sites for hydroxylation is 1. The number of aromatic nitrogens is 3. The van der Waals surface area contributed by atoms with E-state index in [0.717, 1.165) is 34.2 Å². The molecule has 47 heavy (non-hydrogen) atoms. The number of carboxylic acids is 1. The van der Waals surface area contributed by atoms with Crippen molar-refractivity contribution in [1.29, 1.82) is 0 Å². The number of carbonyl (C=O) groups is 1. The van der Waals surface area contributed by atoms with Gasteiger partial charge in [0.2, 0.25) is 0 Å². The maximum absolute atomic E-state index is 15.6. The molecule has 2 aromatic heterocycles. The van der Waals surface area contributed by atoms with Crippen molar-refractivity contribution < 1.29 is 27.4 Å². The van der Waals surface area contributed by atoms with E-state index >= 15 is 4.39 Å². The first-order valence-electron chi connectivity index (χ1n) is 16.0. The first kappa shape index (κ1) is 32.5. The number of aromatic amines is 1. The van der Waals surface area contributed by atoms with Crippen LogP contribution in [-0.2, 0) is 27.5 Å². The van der Waals surface area contributed by atoms with Crippen LogP contribution in [0.2, 0.25) is 0 Å². The van der Waals surface area contributed by atoms with E-state index < -0.39 is 33.0 Å². The normalized spacial score (nSPS) is 18.8. The van der Waals surface area contributed by atoms with Crippen LogP contribution < -0.4 is 4.74 Å². The Kier molecular flexibility index (Phi) is 8.98. The molecular weight excluding hydrogens is 617 g/mol. The number of nitrogens with one attached hydrogen (secondary N) is 1. The van der Waals surface area contributed by atoms with Crippen LogP contribution in [0.3, 0.4) is 0 Å². The van der Waals surface area contributed by atoms with Crippen molar-refractivity contribution in [3.63, 3.8) is 0 Å². The molecule has 2 N–H and O–H groups in total. The lowest BCUT2D eigenvalue weighted by atomic mass is 9.87. The van der Waals surface area contributed by atoms with Gasteiger partial charge in [0.25, 0.3) is 0 Å². The minimum Gasteiger partial charge on any atom is -0.481 e. The molecule has 0 fully saturated rings. The quantitative estimate of drug-likeness (QED) is 0.203. The second-order valence-electron chi connectivity index (χ2n) is 13.5. The fourth-order valence-electron chi connectivity index (χ4n) is 6.68. The summed E-state index contributed by atoms with van der Waals surface area (Å²) in [6, 6.07) is 20.3. The number of fused-ring (bicyclic) bond motifs is 8. The summed E-state index contributed by atoms with van der Waals surface area (Å²) in [5, 5.41) is 15.2. The Morgan fingerprint density at radius 2 is 1.96 bits per heavy atom. The van der Waals surface area contributed by atoms with Crippen molar-refractivity contribution >= 4 is 26.7 Å². The Bertz CT molecular complexity index is 2030. The van der Waals surface area contributed by atoms with Crippen LogP contribution in [0.15, 0.2) is 79.1 Å². The molecule has 0 amide bonds. The monoisotopic (exact) mass is 657 g/mol. The number of hydrogen-bond donors (Lipinski definition) is 2. The topological polar surface area (TPSA) is 114 Å². The zero-order valence-corrected chi connectivity index (χ0v) is 27.7. The molecule has 0 saturated carbocycles. The highest BCUT2D eigenvalue weighted by molar-refractivity contribution is 7.91. The third-order valence-corrected chi connectivity index (χ3v) is 11.1. The van der Waals surface area contributed by atoms with Gasteiger partial charge in [0, 0.05) is 40.5 Å². The standard InChI is InChI=1S/C37H40FN3O5S/c1-24(36(42)43)19-25-7-4-9-27(20-25)34-11-6-15-37(2,3)23-47(44,45)18-14-30-29-12-16-39-33(29)22-31(38)35(30)46-28-10-5-8-26(21-28)32-13-17-41(34)40-32/h4-5,7-10,12-13,16-17,20-22,24,34,39H,6,11,14-15,18-19,23H2,1-3H3,(H,42,43). The van der Waals surface area contributed by atoms with Gasteiger partial charge in [0.1, 0.15) is 5.75 Å². The van der Waals surface area contributed by atoms with Gasteiger partial charge in [0.15, 0.2) is 21.4 Å². The van der Waals surface area contributed by atoms with Gasteiger partial charge in [-0.25, -0.2) is 12.8 Å². The van der Waals surface area contributed by atoms with Crippen LogP contribution in [0, 0.1) is 17.2 Å². The molecule has 1 aliphatic rings. The lowest BCUT2D eigenvalue weighted by molar-refractivity contribution is -0.141. The van der Waals surface area contributed by atoms with Crippen molar-refractivity contribution in [2.24, 2.45) is 11.3 Å².